The summed E-state index contributed by atoms with van der Waals surface area (Å²) in [5, 5.41) is 0. The van der Waals surface area contributed by atoms with E-state index in [0.717, 1.165) is 12.8 Å². The molecular weight excluding hydrogens is 382 g/mol. The van der Waals surface area contributed by atoms with Gasteiger partial charge in [-0.1, -0.05) is 31.9 Å². The Morgan fingerprint density at radius 1 is 1.14 bits per heavy atom. The quantitative estimate of drug-likeness (QED) is 0.329. The Morgan fingerprint density at radius 3 is 2.29 bits per heavy atom. The summed E-state index contributed by atoms with van der Waals surface area (Å²) >= 11 is 0. The van der Waals surface area contributed by atoms with Crippen molar-refractivity contribution in [1.82, 2.24) is 0 Å². The molecule has 0 spiro atoms. The molecule has 0 aromatic carbocycles. The van der Waals surface area contributed by atoms with Crippen molar-refractivity contribution >= 4 is 0 Å². The van der Waals surface area contributed by atoms with Gasteiger partial charge in [-0.3, -0.25) is 0 Å². The molecule has 0 radical (unpaired) electrons. The van der Waals surface area contributed by atoms with E-state index in [0.29, 0.717) is 0 Å². The minimum atomic E-state index is 0. The van der Waals surface area contributed by atoms with Gasteiger partial charge in [0.25, 0.3) is 0 Å². The van der Waals surface area contributed by atoms with Gasteiger partial charge >= 0.3 is 0 Å². The number of allylic oxidation sites excluding steroid dienone is 8. The van der Waals surface area contributed by atoms with Gasteiger partial charge in [-0.25, -0.2) is 0 Å². The predicted molar refractivity (Wildman–Crippen MR) is 47.0 cm³/mol. The smallest absolute Gasteiger partial charge is 0 e. The summed E-state index contributed by atoms with van der Waals surface area (Å²) < 4.78 is 0. The fraction of sp³-hybridized carbons (Fsp3) is 0.273. The first-order chi connectivity index (χ1) is 5.38. The minimum Gasteiger partial charge on any atom is -1.00 e. The molecule has 0 heterocycles. The van der Waals surface area contributed by atoms with E-state index in [1.54, 1.807) is 0 Å². The van der Waals surface area contributed by atoms with Crippen LogP contribution in [0.4, 0.5) is 0 Å². The molecule has 0 aromatic rings. The van der Waals surface area contributed by atoms with Crippen molar-refractivity contribution in [3.8, 4) is 0 Å². The topological polar surface area (TPSA) is 0 Å². The maximum absolute atomic E-state index is 3.34. The Morgan fingerprint density at radius 2 is 1.86 bits per heavy atom. The molecule has 0 saturated heterocycles. The van der Waals surface area contributed by atoms with Gasteiger partial charge in [0.05, 0.1) is 0 Å². The third-order valence-corrected chi connectivity index (χ3v) is 2.19. The molecule has 2 aliphatic carbocycles. The van der Waals surface area contributed by atoms with Crippen molar-refractivity contribution in [1.29, 1.82) is 0 Å². The molecular formula is C11H11Cl2Hf-3. The standard InChI is InChI=1S/C11H11.2ClH.Hf/c1-9-5-4-8-11(9)10-6-2-3-7-10;;;/h2,4-6H,3,8H2,1H3;2*1H;/q-1;;;/p-2. The molecule has 2 aliphatic rings. The van der Waals surface area contributed by atoms with Crippen LogP contribution >= 0.6 is 0 Å². The monoisotopic (exact) mass is 393 g/mol. The molecule has 2 rings (SSSR count). The van der Waals surface area contributed by atoms with Crippen LogP contribution in [-0.2, 0) is 25.8 Å². The van der Waals surface area contributed by atoms with Gasteiger partial charge in [-0.15, -0.1) is 17.2 Å². The van der Waals surface area contributed by atoms with Gasteiger partial charge in [0.1, 0.15) is 0 Å². The van der Waals surface area contributed by atoms with Gasteiger partial charge < -0.3 is 24.8 Å². The summed E-state index contributed by atoms with van der Waals surface area (Å²) in [5.41, 5.74) is 4.17. The molecule has 0 unspecified atom stereocenters. The fourth-order valence-corrected chi connectivity index (χ4v) is 1.55. The van der Waals surface area contributed by atoms with Crippen molar-refractivity contribution < 1.29 is 50.7 Å². The molecule has 0 amide bonds. The Hall–Kier alpha value is 0.410. The Bertz CT molecular complexity index is 298. The third kappa shape index (κ3) is 3.52. The summed E-state index contributed by atoms with van der Waals surface area (Å²) in [7, 11) is 0. The van der Waals surface area contributed by atoms with E-state index in [2.05, 4.69) is 37.3 Å². The van der Waals surface area contributed by atoms with Crippen molar-refractivity contribution in [3.05, 3.63) is 47.1 Å². The van der Waals surface area contributed by atoms with Gasteiger partial charge in [0.2, 0.25) is 0 Å². The van der Waals surface area contributed by atoms with Crippen molar-refractivity contribution in [2.24, 2.45) is 0 Å². The van der Waals surface area contributed by atoms with Crippen LogP contribution in [0.3, 0.4) is 0 Å². The van der Waals surface area contributed by atoms with Crippen molar-refractivity contribution in [3.63, 3.8) is 0 Å². The molecule has 3 heteroatoms. The third-order valence-electron chi connectivity index (χ3n) is 2.19. The molecule has 0 fully saturated rings. The first-order valence-electron chi connectivity index (χ1n) is 4.02. The maximum atomic E-state index is 3.34. The summed E-state index contributed by atoms with van der Waals surface area (Å²) in [5.74, 6) is 0. The summed E-state index contributed by atoms with van der Waals surface area (Å²) in [4.78, 5) is 0. The fourth-order valence-electron chi connectivity index (χ4n) is 1.55. The van der Waals surface area contributed by atoms with Crippen LogP contribution in [0, 0.1) is 6.08 Å². The summed E-state index contributed by atoms with van der Waals surface area (Å²) in [6.45, 7) is 2.17. The number of rotatable bonds is 1. The molecule has 0 bridgehead atoms. The Balaban J connectivity index is 0. The maximum Gasteiger partial charge on any atom is 0 e. The van der Waals surface area contributed by atoms with E-state index in [9.17, 15) is 0 Å². The zero-order valence-corrected chi connectivity index (χ0v) is 13.1. The second-order valence-electron chi connectivity index (χ2n) is 2.97. The summed E-state index contributed by atoms with van der Waals surface area (Å²) in [6.07, 6.45) is 14.2. The Kier molecular flexibility index (Phi) is 9.22. The SMILES string of the molecule is CC1=C(C2=[C-]CC=C2)CC=C1.[Cl-].[Cl-].[Hf]. The van der Waals surface area contributed by atoms with Crippen LogP contribution in [0.5, 0.6) is 0 Å². The van der Waals surface area contributed by atoms with Gasteiger partial charge in [-0.2, -0.15) is 17.7 Å². The number of halogens is 2. The normalized spacial score (nSPS) is 17.1. The van der Waals surface area contributed by atoms with E-state index >= 15 is 0 Å². The van der Waals surface area contributed by atoms with E-state index in [1.165, 1.54) is 16.7 Å². The Labute approximate surface area is 117 Å². The van der Waals surface area contributed by atoms with E-state index in [1.807, 2.05) is 0 Å². The molecule has 14 heavy (non-hydrogen) atoms. The second-order valence-corrected chi connectivity index (χ2v) is 2.97. The molecule has 76 valence electrons. The first kappa shape index (κ1) is 16.8. The van der Waals surface area contributed by atoms with E-state index in [4.69, 9.17) is 0 Å². The number of hydrogen-bond donors (Lipinski definition) is 0. The van der Waals surface area contributed by atoms with Crippen molar-refractivity contribution in [2.45, 2.75) is 19.8 Å². The molecule has 0 atom stereocenters. The van der Waals surface area contributed by atoms with E-state index < -0.39 is 0 Å². The van der Waals surface area contributed by atoms with Gasteiger partial charge in [0, 0.05) is 25.8 Å². The number of hydrogen-bond acceptors (Lipinski definition) is 0. The van der Waals surface area contributed by atoms with Crippen LogP contribution in [0.1, 0.15) is 19.8 Å². The van der Waals surface area contributed by atoms with Crippen LogP contribution in [0.15, 0.2) is 41.0 Å². The molecule has 0 nitrogen and oxygen atoms in total. The predicted octanol–water partition coefficient (Wildman–Crippen LogP) is -3.04. The second kappa shape index (κ2) is 7.67. The average Bonchev–Trinajstić information content (AvgIpc) is 2.55. The van der Waals surface area contributed by atoms with E-state index in [-0.39, 0.29) is 50.7 Å². The molecule has 0 N–H and O–H groups in total. The molecule has 0 aliphatic heterocycles. The zero-order chi connectivity index (χ0) is 7.68. The average molecular weight is 393 g/mol. The largest absolute Gasteiger partial charge is 1.00 e. The molecule has 0 aromatic heterocycles. The van der Waals surface area contributed by atoms with Gasteiger partial charge in [0.15, 0.2) is 0 Å². The van der Waals surface area contributed by atoms with Crippen LogP contribution in [-0.4, -0.2) is 0 Å². The van der Waals surface area contributed by atoms with Crippen LogP contribution in [0.2, 0.25) is 0 Å². The van der Waals surface area contributed by atoms with Crippen LogP contribution < -0.4 is 24.8 Å². The molecule has 0 saturated carbocycles. The van der Waals surface area contributed by atoms with Crippen molar-refractivity contribution in [2.75, 3.05) is 0 Å². The zero-order valence-electron chi connectivity index (χ0n) is 7.98. The minimum absolute atomic E-state index is 0. The van der Waals surface area contributed by atoms with Crippen LogP contribution in [0.25, 0.3) is 0 Å². The summed E-state index contributed by atoms with van der Waals surface area (Å²) in [6, 6.07) is 0. The first-order valence-corrected chi connectivity index (χ1v) is 4.02. The van der Waals surface area contributed by atoms with Gasteiger partial charge in [-0.05, 0) is 0 Å².